The number of amides is 1. The van der Waals surface area contributed by atoms with Gasteiger partial charge in [0.2, 0.25) is 0 Å². The molecule has 98 valence electrons. The van der Waals surface area contributed by atoms with Crippen LogP contribution < -0.4 is 4.90 Å². The molecule has 0 radical (unpaired) electrons. The van der Waals surface area contributed by atoms with Gasteiger partial charge < -0.3 is 4.90 Å². The first-order valence-electron chi connectivity index (χ1n) is 5.37. The van der Waals surface area contributed by atoms with E-state index in [0.29, 0.717) is 10.7 Å². The standard InChI is InChI=1S/C13H10BrClN2OS/c1-17(12-4-2-9(14)6-11(12)15)13(18)5-3-10-7-19-8-16-10/h2-8H,1H3/b5-3-. The van der Waals surface area contributed by atoms with Gasteiger partial charge in [0, 0.05) is 23.0 Å². The summed E-state index contributed by atoms with van der Waals surface area (Å²) in [4.78, 5) is 17.6. The van der Waals surface area contributed by atoms with Crippen LogP contribution in [0.25, 0.3) is 6.08 Å². The van der Waals surface area contributed by atoms with E-state index in [1.54, 1.807) is 30.8 Å². The number of anilines is 1. The van der Waals surface area contributed by atoms with Gasteiger partial charge in [-0.3, -0.25) is 4.79 Å². The molecule has 1 amide bonds. The maximum absolute atomic E-state index is 12.0. The largest absolute Gasteiger partial charge is 0.310 e. The van der Waals surface area contributed by atoms with Crippen LogP contribution in [0.2, 0.25) is 5.02 Å². The van der Waals surface area contributed by atoms with Crippen LogP contribution in [0.1, 0.15) is 5.69 Å². The Bertz CT molecular complexity index is 613. The Morgan fingerprint density at radius 2 is 2.32 bits per heavy atom. The number of aromatic nitrogens is 1. The van der Waals surface area contributed by atoms with E-state index in [4.69, 9.17) is 11.6 Å². The van der Waals surface area contributed by atoms with Crippen LogP contribution in [0, 0.1) is 0 Å². The van der Waals surface area contributed by atoms with Crippen molar-refractivity contribution in [2.45, 2.75) is 0 Å². The average Bonchev–Trinajstić information content (AvgIpc) is 2.88. The normalized spacial score (nSPS) is 10.9. The van der Waals surface area contributed by atoms with Gasteiger partial charge >= 0.3 is 0 Å². The molecule has 1 heterocycles. The number of rotatable bonds is 3. The van der Waals surface area contributed by atoms with E-state index in [2.05, 4.69) is 20.9 Å². The number of nitrogens with zero attached hydrogens (tertiary/aromatic N) is 2. The minimum absolute atomic E-state index is 0.155. The van der Waals surface area contributed by atoms with Gasteiger partial charge in [-0.15, -0.1) is 11.3 Å². The van der Waals surface area contributed by atoms with Gasteiger partial charge in [0.15, 0.2) is 0 Å². The molecule has 0 aliphatic carbocycles. The molecule has 0 bridgehead atoms. The number of likely N-dealkylation sites (N-methyl/N-ethyl adjacent to an activating group) is 1. The summed E-state index contributed by atoms with van der Waals surface area (Å²) in [5, 5.41) is 2.39. The molecule has 0 unspecified atom stereocenters. The summed E-state index contributed by atoms with van der Waals surface area (Å²) in [5.74, 6) is -0.155. The predicted molar refractivity (Wildman–Crippen MR) is 83.7 cm³/mol. The number of carbonyl (C=O) groups is 1. The highest BCUT2D eigenvalue weighted by molar-refractivity contribution is 9.10. The van der Waals surface area contributed by atoms with Crippen molar-refractivity contribution in [3.05, 3.63) is 50.4 Å². The lowest BCUT2D eigenvalue weighted by Crippen LogP contribution is -2.24. The fourth-order valence-electron chi connectivity index (χ4n) is 1.44. The minimum Gasteiger partial charge on any atom is -0.310 e. The zero-order chi connectivity index (χ0) is 13.8. The molecule has 0 aliphatic rings. The van der Waals surface area contributed by atoms with Crippen LogP contribution in [0.15, 0.2) is 39.6 Å². The zero-order valence-electron chi connectivity index (χ0n) is 10.0. The van der Waals surface area contributed by atoms with Crippen molar-refractivity contribution in [2.75, 3.05) is 11.9 Å². The summed E-state index contributed by atoms with van der Waals surface area (Å²) < 4.78 is 0.875. The maximum Gasteiger partial charge on any atom is 0.250 e. The highest BCUT2D eigenvalue weighted by atomic mass is 79.9. The number of hydrogen-bond acceptors (Lipinski definition) is 3. The fraction of sp³-hybridized carbons (Fsp3) is 0.0769. The summed E-state index contributed by atoms with van der Waals surface area (Å²) in [7, 11) is 1.68. The predicted octanol–water partition coefficient (Wildman–Crippen LogP) is 4.24. The van der Waals surface area contributed by atoms with E-state index < -0.39 is 0 Å². The fourth-order valence-corrected chi connectivity index (χ4v) is 2.77. The highest BCUT2D eigenvalue weighted by Crippen LogP contribution is 2.28. The molecule has 0 fully saturated rings. The quantitative estimate of drug-likeness (QED) is 0.770. The third-order valence-corrected chi connectivity index (χ3v) is 3.85. The zero-order valence-corrected chi connectivity index (χ0v) is 13.2. The van der Waals surface area contributed by atoms with E-state index in [9.17, 15) is 4.79 Å². The van der Waals surface area contributed by atoms with E-state index in [1.165, 1.54) is 22.3 Å². The summed E-state index contributed by atoms with van der Waals surface area (Å²) in [6, 6.07) is 5.39. The van der Waals surface area contributed by atoms with Crippen molar-refractivity contribution in [1.82, 2.24) is 4.98 Å². The number of halogens is 2. The average molecular weight is 358 g/mol. The Labute approximate surface area is 128 Å². The topological polar surface area (TPSA) is 33.2 Å². The molecular weight excluding hydrogens is 348 g/mol. The minimum atomic E-state index is -0.155. The van der Waals surface area contributed by atoms with Crippen molar-refractivity contribution >= 4 is 56.5 Å². The van der Waals surface area contributed by atoms with Gasteiger partial charge in [-0.1, -0.05) is 27.5 Å². The van der Waals surface area contributed by atoms with Crippen LogP contribution >= 0.6 is 38.9 Å². The molecule has 0 saturated heterocycles. The summed E-state index contributed by atoms with van der Waals surface area (Å²) in [6.45, 7) is 0. The van der Waals surface area contributed by atoms with Gasteiger partial charge in [0.25, 0.3) is 5.91 Å². The maximum atomic E-state index is 12.0. The highest BCUT2D eigenvalue weighted by Gasteiger charge is 2.11. The van der Waals surface area contributed by atoms with Crippen molar-refractivity contribution in [1.29, 1.82) is 0 Å². The van der Waals surface area contributed by atoms with Crippen LogP contribution in [0.4, 0.5) is 5.69 Å². The van der Waals surface area contributed by atoms with Gasteiger partial charge in [-0.25, -0.2) is 4.98 Å². The summed E-state index contributed by atoms with van der Waals surface area (Å²) >= 11 is 10.9. The first-order chi connectivity index (χ1) is 9.08. The molecule has 0 N–H and O–H groups in total. The molecule has 2 rings (SSSR count). The number of thiazole rings is 1. The second kappa shape index (κ2) is 6.32. The van der Waals surface area contributed by atoms with Crippen LogP contribution in [0.5, 0.6) is 0 Å². The number of carbonyl (C=O) groups excluding carboxylic acids is 1. The monoisotopic (exact) mass is 356 g/mol. The van der Waals surface area contributed by atoms with E-state index in [-0.39, 0.29) is 5.91 Å². The van der Waals surface area contributed by atoms with Crippen molar-refractivity contribution in [3.8, 4) is 0 Å². The van der Waals surface area contributed by atoms with Gasteiger partial charge in [0.05, 0.1) is 21.9 Å². The van der Waals surface area contributed by atoms with E-state index in [0.717, 1.165) is 10.2 Å². The molecule has 0 saturated carbocycles. The lowest BCUT2D eigenvalue weighted by atomic mass is 10.3. The molecule has 19 heavy (non-hydrogen) atoms. The molecule has 0 spiro atoms. The summed E-state index contributed by atoms with van der Waals surface area (Å²) in [6.07, 6.45) is 3.16. The van der Waals surface area contributed by atoms with Gasteiger partial charge in [0.1, 0.15) is 0 Å². The summed E-state index contributed by atoms with van der Waals surface area (Å²) in [5.41, 5.74) is 3.16. The van der Waals surface area contributed by atoms with Crippen molar-refractivity contribution in [3.63, 3.8) is 0 Å². The van der Waals surface area contributed by atoms with E-state index in [1.807, 2.05) is 11.4 Å². The van der Waals surface area contributed by atoms with Gasteiger partial charge in [-0.2, -0.15) is 0 Å². The molecule has 3 nitrogen and oxygen atoms in total. The third-order valence-electron chi connectivity index (χ3n) is 2.45. The first kappa shape index (κ1) is 14.2. The number of benzene rings is 1. The molecule has 6 heteroatoms. The lowest BCUT2D eigenvalue weighted by molar-refractivity contribution is -0.113. The van der Waals surface area contributed by atoms with Crippen LogP contribution in [0.3, 0.4) is 0 Å². The Morgan fingerprint density at radius 3 is 2.95 bits per heavy atom. The second-order valence-electron chi connectivity index (χ2n) is 3.74. The molecular formula is C13H10BrClN2OS. The van der Waals surface area contributed by atoms with Gasteiger partial charge in [-0.05, 0) is 24.3 Å². The van der Waals surface area contributed by atoms with Crippen molar-refractivity contribution < 1.29 is 4.79 Å². The lowest BCUT2D eigenvalue weighted by Gasteiger charge is -2.16. The van der Waals surface area contributed by atoms with Crippen LogP contribution in [-0.2, 0) is 4.79 Å². The molecule has 2 aromatic rings. The SMILES string of the molecule is CN(C(=O)/C=C\c1cscn1)c1ccc(Br)cc1Cl. The Kier molecular flexibility index (Phi) is 4.74. The van der Waals surface area contributed by atoms with E-state index >= 15 is 0 Å². The molecule has 1 aromatic heterocycles. The molecule has 1 aromatic carbocycles. The number of hydrogen-bond donors (Lipinski definition) is 0. The van der Waals surface area contributed by atoms with Crippen LogP contribution in [-0.4, -0.2) is 17.9 Å². The molecule has 0 atom stereocenters. The molecule has 0 aliphatic heterocycles. The van der Waals surface area contributed by atoms with Crippen molar-refractivity contribution in [2.24, 2.45) is 0 Å². The second-order valence-corrected chi connectivity index (χ2v) is 5.78. The smallest absolute Gasteiger partial charge is 0.250 e. The Balaban J connectivity index is 2.15. The Morgan fingerprint density at radius 1 is 1.53 bits per heavy atom. The third kappa shape index (κ3) is 3.65. The first-order valence-corrected chi connectivity index (χ1v) is 7.48. The Hall–Kier alpha value is -1.17.